The fourth-order valence-electron chi connectivity index (χ4n) is 4.34. The molecule has 2 N–H and O–H groups in total. The average molecular weight is 539 g/mol. The first-order valence-corrected chi connectivity index (χ1v) is 13.3. The molecular formula is C30H26N4O4S. The monoisotopic (exact) mass is 538 g/mol. The Morgan fingerprint density at radius 2 is 1.62 bits per heavy atom. The third-order valence-corrected chi connectivity index (χ3v) is 7.14. The maximum Gasteiger partial charge on any atom is 0.336 e. The molecule has 0 saturated carbocycles. The molecule has 0 aliphatic rings. The van der Waals surface area contributed by atoms with Crippen molar-refractivity contribution in [3.05, 3.63) is 128 Å². The molecule has 2 amide bonds. The summed E-state index contributed by atoms with van der Waals surface area (Å²) in [5.74, 6) is -0.511. The summed E-state index contributed by atoms with van der Waals surface area (Å²) in [7, 11) is 0. The Bertz CT molecular complexity index is 1770. The van der Waals surface area contributed by atoms with Gasteiger partial charge in [-0.3, -0.25) is 19.0 Å². The van der Waals surface area contributed by atoms with Gasteiger partial charge in [-0.05, 0) is 59.3 Å². The summed E-state index contributed by atoms with van der Waals surface area (Å²) in [5, 5.41) is 7.43. The molecule has 0 spiro atoms. The number of amides is 2. The first-order chi connectivity index (χ1) is 18.9. The quantitative estimate of drug-likeness (QED) is 0.312. The van der Waals surface area contributed by atoms with Crippen LogP contribution in [0.15, 0.2) is 99.9 Å². The van der Waals surface area contributed by atoms with E-state index in [0.29, 0.717) is 28.1 Å². The van der Waals surface area contributed by atoms with Gasteiger partial charge in [0.2, 0.25) is 11.8 Å². The van der Waals surface area contributed by atoms with Crippen molar-refractivity contribution in [2.24, 2.45) is 0 Å². The van der Waals surface area contributed by atoms with Gasteiger partial charge in [0.1, 0.15) is 11.2 Å². The molecule has 5 aromatic rings. The molecule has 2 aromatic heterocycles. The van der Waals surface area contributed by atoms with E-state index >= 15 is 0 Å². The molecule has 39 heavy (non-hydrogen) atoms. The van der Waals surface area contributed by atoms with E-state index in [-0.39, 0.29) is 24.8 Å². The minimum absolute atomic E-state index is 0.134. The number of rotatable bonds is 8. The van der Waals surface area contributed by atoms with Gasteiger partial charge in [-0.15, -0.1) is 11.3 Å². The molecule has 0 aliphatic carbocycles. The predicted molar refractivity (Wildman–Crippen MR) is 153 cm³/mol. The van der Waals surface area contributed by atoms with E-state index in [1.807, 2.05) is 55.5 Å². The molecule has 8 nitrogen and oxygen atoms in total. The lowest BCUT2D eigenvalue weighted by molar-refractivity contribution is -0.120. The molecular weight excluding hydrogens is 512 g/mol. The third kappa shape index (κ3) is 5.89. The minimum atomic E-state index is -0.612. The molecule has 0 atom stereocenters. The van der Waals surface area contributed by atoms with Crippen LogP contribution < -0.4 is 21.9 Å². The maximum atomic E-state index is 13.5. The highest BCUT2D eigenvalue weighted by atomic mass is 32.1. The number of anilines is 1. The Balaban J connectivity index is 1.37. The number of carbonyl (C=O) groups excluding carboxylic acids is 2. The van der Waals surface area contributed by atoms with Gasteiger partial charge in [-0.2, -0.15) is 0 Å². The van der Waals surface area contributed by atoms with Crippen LogP contribution in [0.5, 0.6) is 0 Å². The fourth-order valence-corrected chi connectivity index (χ4v) is 5.17. The van der Waals surface area contributed by atoms with Crippen molar-refractivity contribution in [3.63, 3.8) is 0 Å². The number of hydrogen-bond donors (Lipinski definition) is 2. The smallest absolute Gasteiger partial charge is 0.336 e. The summed E-state index contributed by atoms with van der Waals surface area (Å²) in [5.41, 5.74) is 3.09. The number of aryl methyl sites for hydroxylation is 1. The number of carbonyl (C=O) groups is 2. The molecule has 196 valence electrons. The second kappa shape index (κ2) is 11.3. The standard InChI is InChI=1S/C30H26N4O4S/c1-20-6-5-9-23(16-20)32-27(36)19-33-25-14-15-39-28(25)29(37)34(30(33)38)24-12-10-21(11-13-24)17-26(35)31-18-22-7-3-2-4-8-22/h2-16H,17-19H2,1H3,(H,31,35)(H,32,36). The highest BCUT2D eigenvalue weighted by Gasteiger charge is 2.18. The van der Waals surface area contributed by atoms with Crippen molar-refractivity contribution in [3.8, 4) is 5.69 Å². The highest BCUT2D eigenvalue weighted by molar-refractivity contribution is 7.17. The molecule has 0 bridgehead atoms. The zero-order valence-electron chi connectivity index (χ0n) is 21.2. The molecule has 9 heteroatoms. The lowest BCUT2D eigenvalue weighted by Gasteiger charge is -2.13. The summed E-state index contributed by atoms with van der Waals surface area (Å²) in [6, 6.07) is 25.4. The molecule has 0 unspecified atom stereocenters. The van der Waals surface area contributed by atoms with Gasteiger partial charge in [0.05, 0.1) is 17.6 Å². The van der Waals surface area contributed by atoms with Crippen LogP contribution in [-0.2, 0) is 29.1 Å². The largest absolute Gasteiger partial charge is 0.352 e. The van der Waals surface area contributed by atoms with Crippen molar-refractivity contribution in [2.75, 3.05) is 5.32 Å². The summed E-state index contributed by atoms with van der Waals surface area (Å²) in [6.45, 7) is 2.11. The molecule has 3 aromatic carbocycles. The number of nitrogens with zero attached hydrogens (tertiary/aromatic N) is 2. The Hall–Kier alpha value is -4.76. The van der Waals surface area contributed by atoms with E-state index in [2.05, 4.69) is 10.6 Å². The van der Waals surface area contributed by atoms with Crippen LogP contribution in [-0.4, -0.2) is 20.9 Å². The van der Waals surface area contributed by atoms with E-state index in [1.165, 1.54) is 15.9 Å². The van der Waals surface area contributed by atoms with E-state index in [9.17, 15) is 19.2 Å². The number of thiophene rings is 1. The normalized spacial score (nSPS) is 10.9. The second-order valence-corrected chi connectivity index (χ2v) is 10.1. The number of fused-ring (bicyclic) bond motifs is 1. The zero-order chi connectivity index (χ0) is 27.4. The number of benzene rings is 3. The van der Waals surface area contributed by atoms with Gasteiger partial charge in [0.15, 0.2) is 0 Å². The van der Waals surface area contributed by atoms with Crippen LogP contribution >= 0.6 is 11.3 Å². The lowest BCUT2D eigenvalue weighted by Crippen LogP contribution is -2.40. The van der Waals surface area contributed by atoms with Crippen LogP contribution in [0.2, 0.25) is 0 Å². The van der Waals surface area contributed by atoms with Crippen LogP contribution in [0.3, 0.4) is 0 Å². The van der Waals surface area contributed by atoms with Gasteiger partial charge in [-0.1, -0.05) is 54.6 Å². The van der Waals surface area contributed by atoms with Crippen molar-refractivity contribution in [1.82, 2.24) is 14.5 Å². The summed E-state index contributed by atoms with van der Waals surface area (Å²) < 4.78 is 2.75. The summed E-state index contributed by atoms with van der Waals surface area (Å²) in [6.07, 6.45) is 0.162. The van der Waals surface area contributed by atoms with Crippen molar-refractivity contribution in [1.29, 1.82) is 0 Å². The second-order valence-electron chi connectivity index (χ2n) is 9.17. The van der Waals surface area contributed by atoms with Crippen molar-refractivity contribution < 1.29 is 9.59 Å². The first kappa shape index (κ1) is 25.9. The molecule has 0 saturated heterocycles. The van der Waals surface area contributed by atoms with E-state index in [1.54, 1.807) is 41.8 Å². The molecule has 0 radical (unpaired) electrons. The van der Waals surface area contributed by atoms with Gasteiger partial charge in [-0.25, -0.2) is 9.36 Å². The van der Waals surface area contributed by atoms with Crippen molar-refractivity contribution >= 4 is 39.1 Å². The van der Waals surface area contributed by atoms with E-state index < -0.39 is 11.2 Å². The number of aromatic nitrogens is 2. The first-order valence-electron chi connectivity index (χ1n) is 12.4. The molecule has 0 fully saturated rings. The summed E-state index contributed by atoms with van der Waals surface area (Å²) in [4.78, 5) is 52.0. The fraction of sp³-hybridized carbons (Fsp3) is 0.133. The van der Waals surface area contributed by atoms with Gasteiger partial charge in [0, 0.05) is 12.2 Å². The highest BCUT2D eigenvalue weighted by Crippen LogP contribution is 2.17. The lowest BCUT2D eigenvalue weighted by atomic mass is 10.1. The van der Waals surface area contributed by atoms with Gasteiger partial charge < -0.3 is 10.6 Å². The topological polar surface area (TPSA) is 102 Å². The minimum Gasteiger partial charge on any atom is -0.352 e. The number of hydrogen-bond acceptors (Lipinski definition) is 5. The van der Waals surface area contributed by atoms with Crippen molar-refractivity contribution in [2.45, 2.75) is 26.4 Å². The van der Waals surface area contributed by atoms with Gasteiger partial charge in [0.25, 0.3) is 5.56 Å². The van der Waals surface area contributed by atoms with Crippen LogP contribution in [0.25, 0.3) is 15.9 Å². The van der Waals surface area contributed by atoms with Crippen LogP contribution in [0.4, 0.5) is 5.69 Å². The predicted octanol–water partition coefficient (Wildman–Crippen LogP) is 4.02. The molecule has 2 heterocycles. The third-order valence-electron chi connectivity index (χ3n) is 6.25. The molecule has 0 aliphatic heterocycles. The SMILES string of the molecule is Cc1cccc(NC(=O)Cn2c(=O)n(-c3ccc(CC(=O)NCc4ccccc4)cc3)c(=O)c3sccc32)c1. The van der Waals surface area contributed by atoms with Crippen LogP contribution in [0, 0.1) is 6.92 Å². The van der Waals surface area contributed by atoms with Gasteiger partial charge >= 0.3 is 5.69 Å². The maximum absolute atomic E-state index is 13.5. The Kier molecular flexibility index (Phi) is 7.51. The van der Waals surface area contributed by atoms with E-state index in [0.717, 1.165) is 21.3 Å². The molecule has 5 rings (SSSR count). The Morgan fingerprint density at radius 1 is 0.846 bits per heavy atom. The summed E-state index contributed by atoms with van der Waals surface area (Å²) >= 11 is 1.22. The Morgan fingerprint density at radius 3 is 2.36 bits per heavy atom. The Labute approximate surface area is 228 Å². The zero-order valence-corrected chi connectivity index (χ0v) is 22.0. The number of nitrogens with one attached hydrogen (secondary N) is 2. The van der Waals surface area contributed by atoms with E-state index in [4.69, 9.17) is 0 Å². The average Bonchev–Trinajstić information content (AvgIpc) is 3.42. The van der Waals surface area contributed by atoms with Crippen LogP contribution in [0.1, 0.15) is 16.7 Å².